The van der Waals surface area contributed by atoms with Crippen molar-refractivity contribution >= 4 is 0 Å². The van der Waals surface area contributed by atoms with Gasteiger partial charge in [-0.25, -0.2) is 0 Å². The summed E-state index contributed by atoms with van der Waals surface area (Å²) in [6.07, 6.45) is 3.81. The van der Waals surface area contributed by atoms with Crippen LogP contribution in [-0.4, -0.2) is 12.6 Å². The van der Waals surface area contributed by atoms with E-state index in [0.29, 0.717) is 6.04 Å². The molecule has 0 saturated heterocycles. The van der Waals surface area contributed by atoms with Crippen molar-refractivity contribution in [2.24, 2.45) is 0 Å². The first-order valence-electron chi connectivity index (χ1n) is 7.39. The molecule has 1 unspecified atom stereocenters. The maximum absolute atomic E-state index is 5.40. The number of furan rings is 1. The Morgan fingerprint density at radius 1 is 1.30 bits per heavy atom. The quantitative estimate of drug-likeness (QED) is 0.877. The normalized spacial score (nSPS) is 15.8. The number of benzene rings is 1. The van der Waals surface area contributed by atoms with Gasteiger partial charge in [-0.1, -0.05) is 18.2 Å². The van der Waals surface area contributed by atoms with E-state index in [9.17, 15) is 0 Å². The zero-order chi connectivity index (χ0) is 13.8. The number of fused-ring (bicyclic) bond motifs is 1. The molecular formula is C17H22N2O. The molecule has 1 aromatic carbocycles. The first-order valence-corrected chi connectivity index (χ1v) is 7.39. The Kier molecular flexibility index (Phi) is 4.19. The van der Waals surface area contributed by atoms with Crippen LogP contribution in [0.1, 0.15) is 29.4 Å². The van der Waals surface area contributed by atoms with Gasteiger partial charge in [0.15, 0.2) is 0 Å². The van der Waals surface area contributed by atoms with Crippen molar-refractivity contribution < 1.29 is 4.42 Å². The molecule has 0 spiro atoms. The third kappa shape index (κ3) is 3.11. The zero-order valence-corrected chi connectivity index (χ0v) is 12.0. The Morgan fingerprint density at radius 3 is 3.10 bits per heavy atom. The van der Waals surface area contributed by atoms with Crippen LogP contribution in [0.3, 0.4) is 0 Å². The summed E-state index contributed by atoms with van der Waals surface area (Å²) in [4.78, 5) is 0. The van der Waals surface area contributed by atoms with E-state index in [0.717, 1.165) is 38.2 Å². The van der Waals surface area contributed by atoms with Crippen LogP contribution >= 0.6 is 0 Å². The molecule has 2 N–H and O–H groups in total. The van der Waals surface area contributed by atoms with Gasteiger partial charge in [0.2, 0.25) is 0 Å². The number of hydrogen-bond donors (Lipinski definition) is 2. The van der Waals surface area contributed by atoms with Crippen molar-refractivity contribution in [3.63, 3.8) is 0 Å². The van der Waals surface area contributed by atoms with Crippen molar-refractivity contribution in [2.45, 2.75) is 38.9 Å². The molecule has 0 aliphatic carbocycles. The monoisotopic (exact) mass is 270 g/mol. The standard InChI is InChI=1S/C17H22N2O/c1-13(10-16-6-3-9-20-16)19-12-15-5-2-4-14-11-18-8-7-17(14)15/h2-6,9,13,18-19H,7-8,10-12H2,1H3. The van der Waals surface area contributed by atoms with Gasteiger partial charge in [-0.05, 0) is 48.7 Å². The van der Waals surface area contributed by atoms with Gasteiger partial charge < -0.3 is 15.1 Å². The first kappa shape index (κ1) is 13.4. The van der Waals surface area contributed by atoms with Crippen LogP contribution in [0.2, 0.25) is 0 Å². The molecule has 1 atom stereocenters. The molecule has 3 rings (SSSR count). The van der Waals surface area contributed by atoms with Crippen LogP contribution in [0.4, 0.5) is 0 Å². The topological polar surface area (TPSA) is 37.2 Å². The summed E-state index contributed by atoms with van der Waals surface area (Å²) in [6.45, 7) is 5.24. The minimum Gasteiger partial charge on any atom is -0.469 e. The molecular weight excluding hydrogens is 248 g/mol. The molecule has 3 heteroatoms. The fourth-order valence-electron chi connectivity index (χ4n) is 2.86. The fraction of sp³-hybridized carbons (Fsp3) is 0.412. The largest absolute Gasteiger partial charge is 0.469 e. The molecule has 0 saturated carbocycles. The second-order valence-electron chi connectivity index (χ2n) is 5.55. The molecule has 0 bridgehead atoms. The molecule has 2 heterocycles. The lowest BCUT2D eigenvalue weighted by Gasteiger charge is -2.21. The van der Waals surface area contributed by atoms with Crippen LogP contribution in [0.5, 0.6) is 0 Å². The molecule has 3 nitrogen and oxygen atoms in total. The van der Waals surface area contributed by atoms with E-state index >= 15 is 0 Å². The third-order valence-corrected chi connectivity index (χ3v) is 3.97. The second kappa shape index (κ2) is 6.25. The molecule has 0 amide bonds. The molecule has 1 aliphatic rings. The van der Waals surface area contributed by atoms with Crippen LogP contribution in [0.25, 0.3) is 0 Å². The van der Waals surface area contributed by atoms with E-state index in [4.69, 9.17) is 4.42 Å². The Bertz CT molecular complexity index is 548. The Hall–Kier alpha value is -1.58. The highest BCUT2D eigenvalue weighted by atomic mass is 16.3. The first-order chi connectivity index (χ1) is 9.83. The Balaban J connectivity index is 1.61. The number of nitrogens with one attached hydrogen (secondary N) is 2. The fourth-order valence-corrected chi connectivity index (χ4v) is 2.86. The molecule has 20 heavy (non-hydrogen) atoms. The predicted molar refractivity (Wildman–Crippen MR) is 80.6 cm³/mol. The smallest absolute Gasteiger partial charge is 0.105 e. The van der Waals surface area contributed by atoms with Gasteiger partial charge in [0.25, 0.3) is 0 Å². The van der Waals surface area contributed by atoms with Crippen molar-refractivity contribution in [3.8, 4) is 0 Å². The Morgan fingerprint density at radius 2 is 2.25 bits per heavy atom. The Labute approximate surface area is 120 Å². The van der Waals surface area contributed by atoms with Gasteiger partial charge in [0.05, 0.1) is 6.26 Å². The number of rotatable bonds is 5. The van der Waals surface area contributed by atoms with E-state index in [1.165, 1.54) is 16.7 Å². The summed E-state index contributed by atoms with van der Waals surface area (Å²) in [6, 6.07) is 11.0. The van der Waals surface area contributed by atoms with Gasteiger partial charge in [0.1, 0.15) is 5.76 Å². The van der Waals surface area contributed by atoms with Gasteiger partial charge in [0, 0.05) is 25.6 Å². The van der Waals surface area contributed by atoms with E-state index in [-0.39, 0.29) is 0 Å². The van der Waals surface area contributed by atoms with Gasteiger partial charge in [-0.3, -0.25) is 0 Å². The molecule has 0 radical (unpaired) electrons. The lowest BCUT2D eigenvalue weighted by Crippen LogP contribution is -2.30. The van der Waals surface area contributed by atoms with Crippen molar-refractivity contribution in [1.29, 1.82) is 0 Å². The minimum atomic E-state index is 0.415. The average Bonchev–Trinajstić information content (AvgIpc) is 2.98. The molecule has 1 aromatic heterocycles. The lowest BCUT2D eigenvalue weighted by molar-refractivity contribution is 0.455. The van der Waals surface area contributed by atoms with E-state index in [2.05, 4.69) is 35.8 Å². The highest BCUT2D eigenvalue weighted by Gasteiger charge is 2.13. The maximum Gasteiger partial charge on any atom is 0.105 e. The van der Waals surface area contributed by atoms with Crippen molar-refractivity contribution in [3.05, 3.63) is 59.0 Å². The summed E-state index contributed by atoms with van der Waals surface area (Å²) in [7, 11) is 0. The SMILES string of the molecule is CC(Cc1ccco1)NCc1cccc2c1CCNC2. The summed E-state index contributed by atoms with van der Waals surface area (Å²) in [5.41, 5.74) is 4.42. The van der Waals surface area contributed by atoms with Gasteiger partial charge in [-0.15, -0.1) is 0 Å². The molecule has 1 aliphatic heterocycles. The summed E-state index contributed by atoms with van der Waals surface area (Å²) >= 11 is 0. The van der Waals surface area contributed by atoms with E-state index in [1.54, 1.807) is 6.26 Å². The third-order valence-electron chi connectivity index (χ3n) is 3.97. The second-order valence-corrected chi connectivity index (χ2v) is 5.55. The average molecular weight is 270 g/mol. The summed E-state index contributed by atoms with van der Waals surface area (Å²) < 4.78 is 5.40. The van der Waals surface area contributed by atoms with Crippen LogP contribution in [-0.2, 0) is 25.9 Å². The highest BCUT2D eigenvalue weighted by Crippen LogP contribution is 2.18. The molecule has 106 valence electrons. The van der Waals surface area contributed by atoms with Crippen LogP contribution in [0, 0.1) is 0 Å². The van der Waals surface area contributed by atoms with Crippen LogP contribution in [0.15, 0.2) is 41.0 Å². The maximum atomic E-state index is 5.40. The lowest BCUT2D eigenvalue weighted by atomic mass is 9.95. The highest BCUT2D eigenvalue weighted by molar-refractivity contribution is 5.37. The number of hydrogen-bond acceptors (Lipinski definition) is 3. The molecule has 0 fully saturated rings. The zero-order valence-electron chi connectivity index (χ0n) is 12.0. The van der Waals surface area contributed by atoms with E-state index < -0.39 is 0 Å². The molecule has 2 aromatic rings. The van der Waals surface area contributed by atoms with Crippen LogP contribution < -0.4 is 10.6 Å². The van der Waals surface area contributed by atoms with Crippen molar-refractivity contribution in [1.82, 2.24) is 10.6 Å². The summed E-state index contributed by atoms with van der Waals surface area (Å²) in [5, 5.41) is 7.04. The van der Waals surface area contributed by atoms with E-state index in [1.807, 2.05) is 12.1 Å². The minimum absolute atomic E-state index is 0.415. The van der Waals surface area contributed by atoms with Crippen molar-refractivity contribution in [2.75, 3.05) is 6.54 Å². The predicted octanol–water partition coefficient (Wildman–Crippen LogP) is 2.65. The summed E-state index contributed by atoms with van der Waals surface area (Å²) in [5.74, 6) is 1.05. The van der Waals surface area contributed by atoms with Gasteiger partial charge in [-0.2, -0.15) is 0 Å². The van der Waals surface area contributed by atoms with Gasteiger partial charge >= 0.3 is 0 Å².